The van der Waals surface area contributed by atoms with Crippen molar-refractivity contribution >= 4 is 42.3 Å². The summed E-state index contributed by atoms with van der Waals surface area (Å²) in [6.07, 6.45) is 4.93. The van der Waals surface area contributed by atoms with Gasteiger partial charge in [0, 0.05) is 23.9 Å². The van der Waals surface area contributed by atoms with Crippen LogP contribution in [0.2, 0.25) is 0 Å². The molecule has 3 aliphatic rings. The number of nitrogens with zero attached hydrogens (tertiary/aromatic N) is 1. The molecule has 2 aliphatic heterocycles. The van der Waals surface area contributed by atoms with Gasteiger partial charge in [0.25, 0.3) is 0 Å². The molecule has 0 aromatic rings. The highest BCUT2D eigenvalue weighted by atomic mass is 35.5. The van der Waals surface area contributed by atoms with Crippen molar-refractivity contribution in [2.24, 2.45) is 16.8 Å². The second-order valence-electron chi connectivity index (χ2n) is 5.47. The molecule has 0 spiro atoms. The first kappa shape index (κ1) is 16.9. The third kappa shape index (κ3) is 3.50. The largest absolute Gasteiger partial charge is 0.353 e. The summed E-state index contributed by atoms with van der Waals surface area (Å²) >= 11 is 1.89. The van der Waals surface area contributed by atoms with E-state index in [-0.39, 0.29) is 24.8 Å². The molecule has 1 fully saturated rings. The van der Waals surface area contributed by atoms with Crippen LogP contribution in [0.1, 0.15) is 39.5 Å². The van der Waals surface area contributed by atoms with Gasteiger partial charge < -0.3 is 5.32 Å². The summed E-state index contributed by atoms with van der Waals surface area (Å²) in [5, 5.41) is 7.30. The zero-order valence-corrected chi connectivity index (χ0v) is 13.9. The molecular formula is C14H22Cl2N2S. The third-order valence-electron chi connectivity index (χ3n) is 3.94. The monoisotopic (exact) mass is 320 g/mol. The van der Waals surface area contributed by atoms with Crippen molar-refractivity contribution in [3.05, 3.63) is 21.7 Å². The fraction of sp³-hybridized carbons (Fsp3) is 0.643. The van der Waals surface area contributed by atoms with Gasteiger partial charge in [0.15, 0.2) is 0 Å². The first-order valence-corrected chi connectivity index (χ1v) is 7.51. The summed E-state index contributed by atoms with van der Waals surface area (Å²) in [5.41, 5.74) is 4.51. The number of fused-ring (bicyclic) bond motifs is 1. The molecule has 2 heterocycles. The molecule has 1 atom stereocenters. The highest BCUT2D eigenvalue weighted by Gasteiger charge is 2.29. The minimum atomic E-state index is 0. The van der Waals surface area contributed by atoms with E-state index in [2.05, 4.69) is 29.6 Å². The Bertz CT molecular complexity index is 427. The average Bonchev–Trinajstić information content (AvgIpc) is 2.97. The van der Waals surface area contributed by atoms with E-state index in [1.165, 1.54) is 42.1 Å². The van der Waals surface area contributed by atoms with Crippen molar-refractivity contribution in [2.75, 3.05) is 6.54 Å². The summed E-state index contributed by atoms with van der Waals surface area (Å²) in [4.78, 5) is 4.62. The maximum Gasteiger partial charge on any atom is 0.0758 e. The fourth-order valence-corrected chi connectivity index (χ4v) is 3.92. The molecule has 5 heteroatoms. The quantitative estimate of drug-likeness (QED) is 0.768. The van der Waals surface area contributed by atoms with Crippen LogP contribution in [0.25, 0.3) is 0 Å². The van der Waals surface area contributed by atoms with Gasteiger partial charge in [0.05, 0.1) is 5.03 Å². The predicted octanol–water partition coefficient (Wildman–Crippen LogP) is 4.52. The number of hydrogen-bond donors (Lipinski definition) is 1. The third-order valence-corrected chi connectivity index (χ3v) is 4.94. The second kappa shape index (κ2) is 7.05. The average molecular weight is 321 g/mol. The topological polar surface area (TPSA) is 24.4 Å². The molecule has 0 saturated heterocycles. The second-order valence-corrected chi connectivity index (χ2v) is 6.35. The molecule has 0 amide bonds. The lowest BCUT2D eigenvalue weighted by Crippen LogP contribution is -2.20. The van der Waals surface area contributed by atoms with Gasteiger partial charge >= 0.3 is 0 Å². The smallest absolute Gasteiger partial charge is 0.0758 e. The summed E-state index contributed by atoms with van der Waals surface area (Å²) in [7, 11) is 0. The molecular weight excluding hydrogens is 299 g/mol. The minimum Gasteiger partial charge on any atom is -0.353 e. The number of nitrogens with one attached hydrogen (secondary N) is 1. The van der Waals surface area contributed by atoms with Gasteiger partial charge in [-0.1, -0.05) is 25.6 Å². The van der Waals surface area contributed by atoms with E-state index >= 15 is 0 Å². The molecule has 108 valence electrons. The number of allylic oxidation sites excluding steroid dienone is 2. The van der Waals surface area contributed by atoms with Gasteiger partial charge in [-0.15, -0.1) is 24.8 Å². The molecule has 1 saturated carbocycles. The number of hydrogen-bond acceptors (Lipinski definition) is 3. The van der Waals surface area contributed by atoms with Crippen molar-refractivity contribution in [1.82, 2.24) is 5.32 Å². The van der Waals surface area contributed by atoms with Crippen LogP contribution < -0.4 is 5.32 Å². The number of halogens is 2. The molecule has 3 rings (SSSR count). The first-order chi connectivity index (χ1) is 8.24. The van der Waals surface area contributed by atoms with Crippen molar-refractivity contribution in [3.8, 4) is 0 Å². The highest BCUT2D eigenvalue weighted by Crippen LogP contribution is 2.39. The van der Waals surface area contributed by atoms with Crippen molar-refractivity contribution < 1.29 is 0 Å². The number of rotatable bonds is 1. The molecule has 1 N–H and O–H groups in total. The Hall–Kier alpha value is -0.120. The van der Waals surface area contributed by atoms with E-state index in [0.29, 0.717) is 5.92 Å². The Balaban J connectivity index is 0.000000902. The zero-order valence-electron chi connectivity index (χ0n) is 11.4. The summed E-state index contributed by atoms with van der Waals surface area (Å²) in [6, 6.07) is 0. The van der Waals surface area contributed by atoms with Crippen LogP contribution in [0.5, 0.6) is 0 Å². The molecule has 2 nitrogen and oxygen atoms in total. The summed E-state index contributed by atoms with van der Waals surface area (Å²) in [6.45, 7) is 5.56. The summed E-state index contributed by atoms with van der Waals surface area (Å²) in [5.74, 6) is 1.37. The van der Waals surface area contributed by atoms with Crippen molar-refractivity contribution in [3.63, 3.8) is 0 Å². The van der Waals surface area contributed by atoms with Gasteiger partial charge in [-0.25, -0.2) is 0 Å². The fourth-order valence-electron chi connectivity index (χ4n) is 2.81. The number of thioether (sulfide) groups is 1. The lowest BCUT2D eigenvalue weighted by atomic mass is 9.84. The van der Waals surface area contributed by atoms with Crippen LogP contribution in [-0.2, 0) is 0 Å². The molecule has 0 aromatic carbocycles. The Morgan fingerprint density at radius 2 is 2.11 bits per heavy atom. The van der Waals surface area contributed by atoms with E-state index in [1.807, 2.05) is 11.8 Å². The standard InChI is InChI=1S/C14H20N2S.2ClH/c1-9(2)13-8-17-14(16-13)11-3-4-12-10(7-11)5-6-15-12;;/h8-10,16H,3-7H2,1-2H3;2*1H/b14-11+;;. The Morgan fingerprint density at radius 1 is 1.32 bits per heavy atom. The van der Waals surface area contributed by atoms with Gasteiger partial charge in [-0.2, -0.15) is 0 Å². The van der Waals surface area contributed by atoms with Gasteiger partial charge in [-0.3, -0.25) is 4.99 Å². The normalized spacial score (nSPS) is 28.9. The molecule has 1 aliphatic carbocycles. The van der Waals surface area contributed by atoms with Crippen LogP contribution in [0.4, 0.5) is 0 Å². The Morgan fingerprint density at radius 3 is 2.79 bits per heavy atom. The maximum atomic E-state index is 4.62. The van der Waals surface area contributed by atoms with E-state index in [4.69, 9.17) is 0 Å². The molecule has 0 bridgehead atoms. The number of aliphatic imine (C=N–C) groups is 1. The SMILES string of the molecule is CC(C)C1=CS/C(=C2\CCC3=NCCC3C2)N1.Cl.Cl. The molecule has 1 unspecified atom stereocenters. The predicted molar refractivity (Wildman–Crippen MR) is 89.4 cm³/mol. The zero-order chi connectivity index (χ0) is 11.8. The van der Waals surface area contributed by atoms with E-state index in [9.17, 15) is 0 Å². The van der Waals surface area contributed by atoms with E-state index < -0.39 is 0 Å². The maximum absolute atomic E-state index is 4.62. The minimum absolute atomic E-state index is 0. The lowest BCUT2D eigenvalue weighted by Gasteiger charge is -2.23. The molecule has 19 heavy (non-hydrogen) atoms. The van der Waals surface area contributed by atoms with E-state index in [0.717, 1.165) is 12.5 Å². The van der Waals surface area contributed by atoms with Crippen LogP contribution in [0.15, 0.2) is 26.7 Å². The van der Waals surface area contributed by atoms with Crippen LogP contribution in [0.3, 0.4) is 0 Å². The van der Waals surface area contributed by atoms with Crippen LogP contribution >= 0.6 is 36.6 Å². The van der Waals surface area contributed by atoms with Gasteiger partial charge in [0.2, 0.25) is 0 Å². The van der Waals surface area contributed by atoms with Crippen LogP contribution in [0, 0.1) is 11.8 Å². The van der Waals surface area contributed by atoms with Gasteiger partial charge in [0.1, 0.15) is 0 Å². The van der Waals surface area contributed by atoms with Crippen molar-refractivity contribution in [2.45, 2.75) is 39.5 Å². The Labute approximate surface area is 132 Å². The lowest BCUT2D eigenvalue weighted by molar-refractivity contribution is 0.612. The van der Waals surface area contributed by atoms with Crippen LogP contribution in [-0.4, -0.2) is 12.3 Å². The van der Waals surface area contributed by atoms with Crippen molar-refractivity contribution in [1.29, 1.82) is 0 Å². The van der Waals surface area contributed by atoms with E-state index in [1.54, 1.807) is 5.57 Å². The first-order valence-electron chi connectivity index (χ1n) is 6.63. The molecule has 0 aromatic heterocycles. The Kier molecular flexibility index (Phi) is 6.28. The van der Waals surface area contributed by atoms with Gasteiger partial charge in [-0.05, 0) is 42.6 Å². The summed E-state index contributed by atoms with van der Waals surface area (Å²) < 4.78 is 0. The highest BCUT2D eigenvalue weighted by molar-refractivity contribution is 8.06. The molecule has 0 radical (unpaired) electrons.